The summed E-state index contributed by atoms with van der Waals surface area (Å²) in [6.45, 7) is 8.47. The molecule has 0 amide bonds. The molecule has 3 heterocycles. The predicted octanol–water partition coefficient (Wildman–Crippen LogP) is 9.88. The maximum Gasteiger partial charge on any atom is 0.421 e. The van der Waals surface area contributed by atoms with Crippen LogP contribution in [0.15, 0.2) is 64.8 Å². The van der Waals surface area contributed by atoms with Gasteiger partial charge in [0.1, 0.15) is 5.75 Å². The van der Waals surface area contributed by atoms with E-state index in [9.17, 15) is 9.59 Å². The first kappa shape index (κ1) is 35.9. The van der Waals surface area contributed by atoms with E-state index in [-0.39, 0.29) is 5.56 Å². The number of ether oxygens (including phenoxy) is 2. The molecule has 1 aliphatic rings. The van der Waals surface area contributed by atoms with Gasteiger partial charge in [0, 0.05) is 54.1 Å². The van der Waals surface area contributed by atoms with Gasteiger partial charge in [-0.25, -0.2) is 9.36 Å². The zero-order valence-corrected chi connectivity index (χ0v) is 29.8. The number of pyridine rings is 1. The normalized spacial score (nSPS) is 13.8. The molecule has 0 aliphatic carbocycles. The minimum absolute atomic E-state index is 0.328. The van der Waals surface area contributed by atoms with Crippen LogP contribution in [0.3, 0.4) is 0 Å². The van der Waals surface area contributed by atoms with Crippen LogP contribution in [0.2, 0.25) is 0 Å². The van der Waals surface area contributed by atoms with Crippen LogP contribution < -0.4 is 15.2 Å². The molecule has 5 rings (SSSR count). The fraction of sp³-hybridized carbons (Fsp3) is 0.550. The highest BCUT2D eigenvalue weighted by Gasteiger charge is 2.19. The van der Waals surface area contributed by atoms with E-state index in [1.165, 1.54) is 79.6 Å². The molecule has 0 N–H and O–H groups in total. The number of carbonyl (C=O) groups is 1. The van der Waals surface area contributed by atoms with Crippen LogP contribution in [-0.2, 0) is 4.74 Å². The van der Waals surface area contributed by atoms with Crippen LogP contribution in [0.25, 0.3) is 21.0 Å². The van der Waals surface area contributed by atoms with Gasteiger partial charge in [-0.05, 0) is 73.0 Å². The average Bonchev–Trinajstić information content (AvgIpc) is 3.60. The van der Waals surface area contributed by atoms with E-state index in [2.05, 4.69) is 46.4 Å². The van der Waals surface area contributed by atoms with Crippen molar-refractivity contribution in [2.75, 3.05) is 50.8 Å². The lowest BCUT2D eigenvalue weighted by molar-refractivity contribution is 0.145. The van der Waals surface area contributed by atoms with Crippen LogP contribution in [0.4, 0.5) is 10.5 Å². The molecule has 48 heavy (non-hydrogen) atoms. The van der Waals surface area contributed by atoms with Gasteiger partial charge in [0.15, 0.2) is 0 Å². The molecule has 4 aromatic rings. The van der Waals surface area contributed by atoms with Crippen molar-refractivity contribution in [2.45, 2.75) is 96.8 Å². The smallest absolute Gasteiger partial charge is 0.421 e. The average molecular weight is 674 g/mol. The Morgan fingerprint density at radius 3 is 2.19 bits per heavy atom. The second-order valence-electron chi connectivity index (χ2n) is 13.2. The summed E-state index contributed by atoms with van der Waals surface area (Å²) in [4.78, 5) is 30.8. The van der Waals surface area contributed by atoms with Crippen molar-refractivity contribution in [3.63, 3.8) is 0 Å². The van der Waals surface area contributed by atoms with Crippen molar-refractivity contribution in [1.82, 2.24) is 9.47 Å². The van der Waals surface area contributed by atoms with E-state index < -0.39 is 6.09 Å². The van der Waals surface area contributed by atoms with Gasteiger partial charge in [0.05, 0.1) is 18.7 Å². The molecule has 0 saturated carbocycles. The number of fused-ring (bicyclic) bond motifs is 2. The molecule has 1 saturated heterocycles. The SMILES string of the molecule is CCCCCCCCCCCCCCOC(=O)n1c(=O)ccc2ccc(OCCCCN3CCN(c4cccc5sccc45)CC3)cc21. The van der Waals surface area contributed by atoms with Gasteiger partial charge >= 0.3 is 6.09 Å². The second-order valence-corrected chi connectivity index (χ2v) is 14.2. The van der Waals surface area contributed by atoms with Crippen LogP contribution in [0.5, 0.6) is 5.75 Å². The number of piperazine rings is 1. The third-order valence-electron chi connectivity index (χ3n) is 9.60. The predicted molar refractivity (Wildman–Crippen MR) is 201 cm³/mol. The van der Waals surface area contributed by atoms with Gasteiger partial charge in [-0.3, -0.25) is 9.69 Å². The maximum atomic E-state index is 13.0. The molecule has 2 aromatic heterocycles. The Hall–Kier alpha value is -3.36. The third-order valence-corrected chi connectivity index (χ3v) is 10.5. The Labute approximate surface area is 290 Å². The molecule has 0 unspecified atom stereocenters. The molecule has 8 heteroatoms. The summed E-state index contributed by atoms with van der Waals surface area (Å²) in [6.07, 6.45) is 16.4. The second kappa shape index (κ2) is 19.6. The summed E-state index contributed by atoms with van der Waals surface area (Å²) >= 11 is 1.81. The first-order valence-corrected chi connectivity index (χ1v) is 19.4. The number of anilines is 1. The van der Waals surface area contributed by atoms with Crippen molar-refractivity contribution < 1.29 is 14.3 Å². The van der Waals surface area contributed by atoms with E-state index >= 15 is 0 Å². The fourth-order valence-corrected chi connectivity index (χ4v) is 7.56. The first-order chi connectivity index (χ1) is 23.6. The monoisotopic (exact) mass is 673 g/mol. The molecule has 7 nitrogen and oxygen atoms in total. The number of hydrogen-bond donors (Lipinski definition) is 0. The van der Waals surface area contributed by atoms with E-state index in [1.807, 2.05) is 12.1 Å². The number of hydrogen-bond acceptors (Lipinski definition) is 7. The quantitative estimate of drug-likeness (QED) is 0.0871. The summed E-state index contributed by atoms with van der Waals surface area (Å²) in [6, 6.07) is 17.6. The molecule has 0 spiro atoms. The molecule has 0 atom stereocenters. The molecule has 1 aliphatic heterocycles. The third kappa shape index (κ3) is 10.6. The van der Waals surface area contributed by atoms with E-state index in [4.69, 9.17) is 9.47 Å². The lowest BCUT2D eigenvalue weighted by Crippen LogP contribution is -2.46. The fourth-order valence-electron chi connectivity index (χ4n) is 6.75. The number of rotatable bonds is 20. The first-order valence-electron chi connectivity index (χ1n) is 18.5. The summed E-state index contributed by atoms with van der Waals surface area (Å²) in [5.74, 6) is 0.659. The molecule has 0 bridgehead atoms. The maximum absolute atomic E-state index is 13.0. The number of unbranched alkanes of at least 4 members (excludes halogenated alkanes) is 12. The molecular weight excluding hydrogens is 619 g/mol. The van der Waals surface area contributed by atoms with Gasteiger partial charge in [0.2, 0.25) is 0 Å². The summed E-state index contributed by atoms with van der Waals surface area (Å²) in [5, 5.41) is 4.35. The highest BCUT2D eigenvalue weighted by Crippen LogP contribution is 2.31. The van der Waals surface area contributed by atoms with Gasteiger partial charge in [0.25, 0.3) is 5.56 Å². The Balaban J connectivity index is 0.981. The number of nitrogens with zero attached hydrogens (tertiary/aromatic N) is 3. The van der Waals surface area contributed by atoms with Crippen LogP contribution in [0, 0.1) is 0 Å². The largest absolute Gasteiger partial charge is 0.494 e. The highest BCUT2D eigenvalue weighted by atomic mass is 32.1. The Morgan fingerprint density at radius 2 is 1.44 bits per heavy atom. The number of carbonyl (C=O) groups excluding carboxylic acids is 1. The lowest BCUT2D eigenvalue weighted by atomic mass is 10.1. The van der Waals surface area contributed by atoms with Crippen molar-refractivity contribution in [2.24, 2.45) is 0 Å². The summed E-state index contributed by atoms with van der Waals surface area (Å²) < 4.78 is 14.1. The minimum atomic E-state index is -0.613. The summed E-state index contributed by atoms with van der Waals surface area (Å²) in [5.41, 5.74) is 1.50. The topological polar surface area (TPSA) is 64.0 Å². The number of aromatic nitrogens is 1. The van der Waals surface area contributed by atoms with Gasteiger partial charge in [-0.1, -0.05) is 83.6 Å². The van der Waals surface area contributed by atoms with Crippen molar-refractivity contribution in [3.05, 3.63) is 70.3 Å². The zero-order valence-electron chi connectivity index (χ0n) is 29.0. The molecule has 2 aromatic carbocycles. The minimum Gasteiger partial charge on any atom is -0.494 e. The number of benzene rings is 2. The van der Waals surface area contributed by atoms with E-state index in [0.29, 0.717) is 24.5 Å². The van der Waals surface area contributed by atoms with Gasteiger partial charge in [-0.2, -0.15) is 0 Å². The van der Waals surface area contributed by atoms with Crippen LogP contribution in [-0.4, -0.2) is 61.5 Å². The molecular formula is C40H55N3O4S. The Kier molecular flexibility index (Phi) is 14.7. The van der Waals surface area contributed by atoms with Crippen molar-refractivity contribution in [3.8, 4) is 5.75 Å². The zero-order chi connectivity index (χ0) is 33.4. The van der Waals surface area contributed by atoms with Crippen molar-refractivity contribution >= 4 is 44.1 Å². The number of thiophene rings is 1. The van der Waals surface area contributed by atoms with Crippen LogP contribution >= 0.6 is 11.3 Å². The molecule has 1 fully saturated rings. The molecule has 0 radical (unpaired) electrons. The van der Waals surface area contributed by atoms with E-state index in [1.54, 1.807) is 23.5 Å². The molecule has 260 valence electrons. The van der Waals surface area contributed by atoms with Crippen molar-refractivity contribution in [1.29, 1.82) is 0 Å². The Bertz CT molecular complexity index is 1610. The summed E-state index contributed by atoms with van der Waals surface area (Å²) in [7, 11) is 0. The lowest BCUT2D eigenvalue weighted by Gasteiger charge is -2.36. The highest BCUT2D eigenvalue weighted by molar-refractivity contribution is 7.17. The Morgan fingerprint density at radius 1 is 0.750 bits per heavy atom. The van der Waals surface area contributed by atoms with Gasteiger partial charge in [-0.15, -0.1) is 11.3 Å². The van der Waals surface area contributed by atoms with Gasteiger partial charge < -0.3 is 14.4 Å². The standard InChI is InChI=1S/C40H55N3O4S/c1-2-3-4-5-6-7-8-9-10-11-12-14-30-47-40(45)43-37-32-34(21-19-33(37)20-22-39(43)44)46-29-15-13-24-41-25-27-42(28-26-41)36-17-16-18-38-35(36)23-31-48-38/h16-23,31-32H,2-15,24-30H2,1H3. The van der Waals surface area contributed by atoms with E-state index in [0.717, 1.165) is 74.8 Å². The van der Waals surface area contributed by atoms with Crippen LogP contribution in [0.1, 0.15) is 96.8 Å².